The number of benzene rings is 2. The predicted molar refractivity (Wildman–Crippen MR) is 107 cm³/mol. The standard InChI is InChI=1S/C23H23NO4/c1-17(19-4-3-5-22(15-19)26-2)14-23(25)28-21-8-6-20(7-9-21)27-16-18-10-12-24-13-11-18/h3-13,15,17H,14,16H2,1-2H3. The zero-order valence-electron chi connectivity index (χ0n) is 16.0. The summed E-state index contributed by atoms with van der Waals surface area (Å²) in [6.45, 7) is 2.45. The Bertz CT molecular complexity index is 894. The van der Waals surface area contributed by atoms with Crippen molar-refractivity contribution in [1.29, 1.82) is 0 Å². The third-order valence-corrected chi connectivity index (χ3v) is 4.35. The molecule has 0 amide bonds. The highest BCUT2D eigenvalue weighted by atomic mass is 16.5. The van der Waals surface area contributed by atoms with Gasteiger partial charge in [-0.05, 0) is 65.6 Å². The lowest BCUT2D eigenvalue weighted by molar-refractivity contribution is -0.134. The smallest absolute Gasteiger partial charge is 0.311 e. The molecule has 0 spiro atoms. The first-order valence-corrected chi connectivity index (χ1v) is 9.10. The van der Waals surface area contributed by atoms with Crippen molar-refractivity contribution in [1.82, 2.24) is 4.98 Å². The van der Waals surface area contributed by atoms with Crippen molar-refractivity contribution < 1.29 is 19.0 Å². The van der Waals surface area contributed by atoms with Crippen molar-refractivity contribution >= 4 is 5.97 Å². The molecule has 3 aromatic rings. The van der Waals surface area contributed by atoms with Gasteiger partial charge in [-0.1, -0.05) is 19.1 Å². The van der Waals surface area contributed by atoms with E-state index in [1.54, 1.807) is 43.8 Å². The van der Waals surface area contributed by atoms with Gasteiger partial charge in [0.1, 0.15) is 23.9 Å². The first kappa shape index (κ1) is 19.4. The molecule has 5 nitrogen and oxygen atoms in total. The van der Waals surface area contributed by atoms with E-state index in [4.69, 9.17) is 14.2 Å². The van der Waals surface area contributed by atoms with Gasteiger partial charge in [0.15, 0.2) is 0 Å². The van der Waals surface area contributed by atoms with Crippen LogP contribution in [-0.2, 0) is 11.4 Å². The fourth-order valence-corrected chi connectivity index (χ4v) is 2.74. The van der Waals surface area contributed by atoms with Crippen LogP contribution in [0.15, 0.2) is 73.1 Å². The van der Waals surface area contributed by atoms with Gasteiger partial charge in [-0.15, -0.1) is 0 Å². The number of hydrogen-bond acceptors (Lipinski definition) is 5. The number of carbonyl (C=O) groups excluding carboxylic acids is 1. The van der Waals surface area contributed by atoms with Crippen LogP contribution in [0.5, 0.6) is 17.2 Å². The quantitative estimate of drug-likeness (QED) is 0.418. The van der Waals surface area contributed by atoms with Gasteiger partial charge < -0.3 is 14.2 Å². The van der Waals surface area contributed by atoms with Gasteiger partial charge in [0.25, 0.3) is 0 Å². The van der Waals surface area contributed by atoms with Gasteiger partial charge in [-0.25, -0.2) is 0 Å². The zero-order valence-corrected chi connectivity index (χ0v) is 16.0. The van der Waals surface area contributed by atoms with Crippen LogP contribution in [0.25, 0.3) is 0 Å². The second kappa shape index (κ2) is 9.55. The number of aromatic nitrogens is 1. The molecular weight excluding hydrogens is 354 g/mol. The van der Waals surface area contributed by atoms with E-state index in [0.717, 1.165) is 16.9 Å². The van der Waals surface area contributed by atoms with E-state index in [1.807, 2.05) is 43.3 Å². The molecule has 1 aromatic heterocycles. The lowest BCUT2D eigenvalue weighted by Crippen LogP contribution is -2.11. The SMILES string of the molecule is COc1cccc(C(C)CC(=O)Oc2ccc(OCc3ccncc3)cc2)c1. The maximum atomic E-state index is 12.3. The lowest BCUT2D eigenvalue weighted by Gasteiger charge is -2.13. The number of nitrogens with zero attached hydrogens (tertiary/aromatic N) is 1. The molecular formula is C23H23NO4. The average Bonchev–Trinajstić information content (AvgIpc) is 2.74. The van der Waals surface area contributed by atoms with E-state index in [2.05, 4.69) is 4.98 Å². The number of esters is 1. The Hall–Kier alpha value is -3.34. The Morgan fingerprint density at radius 3 is 2.39 bits per heavy atom. The summed E-state index contributed by atoms with van der Waals surface area (Å²) < 4.78 is 16.4. The van der Waals surface area contributed by atoms with E-state index in [0.29, 0.717) is 18.1 Å². The van der Waals surface area contributed by atoms with E-state index in [1.165, 1.54) is 0 Å². The average molecular weight is 377 g/mol. The highest BCUT2D eigenvalue weighted by molar-refractivity contribution is 5.73. The van der Waals surface area contributed by atoms with Crippen molar-refractivity contribution in [3.63, 3.8) is 0 Å². The minimum atomic E-state index is -0.277. The molecule has 3 rings (SSSR count). The zero-order chi connectivity index (χ0) is 19.8. The van der Waals surface area contributed by atoms with Gasteiger partial charge in [-0.3, -0.25) is 9.78 Å². The summed E-state index contributed by atoms with van der Waals surface area (Å²) in [5.74, 6) is 1.74. The van der Waals surface area contributed by atoms with Crippen LogP contribution in [0.1, 0.15) is 30.4 Å². The third kappa shape index (κ3) is 5.58. The molecule has 0 radical (unpaired) electrons. The molecule has 5 heteroatoms. The summed E-state index contributed by atoms with van der Waals surface area (Å²) in [6, 6.07) is 18.6. The molecule has 28 heavy (non-hydrogen) atoms. The van der Waals surface area contributed by atoms with Gasteiger partial charge in [0.05, 0.1) is 13.5 Å². The van der Waals surface area contributed by atoms with Gasteiger partial charge in [-0.2, -0.15) is 0 Å². The van der Waals surface area contributed by atoms with Gasteiger partial charge in [0.2, 0.25) is 0 Å². The molecule has 0 fully saturated rings. The van der Waals surface area contributed by atoms with Crippen molar-refractivity contribution in [3.05, 3.63) is 84.2 Å². The second-order valence-electron chi connectivity index (χ2n) is 6.47. The van der Waals surface area contributed by atoms with E-state index >= 15 is 0 Å². The van der Waals surface area contributed by atoms with Crippen LogP contribution in [0, 0.1) is 0 Å². The molecule has 0 aliphatic carbocycles. The van der Waals surface area contributed by atoms with Crippen molar-refractivity contribution in [2.45, 2.75) is 25.9 Å². The highest BCUT2D eigenvalue weighted by Gasteiger charge is 2.14. The van der Waals surface area contributed by atoms with Crippen LogP contribution >= 0.6 is 0 Å². The first-order chi connectivity index (χ1) is 13.6. The van der Waals surface area contributed by atoms with Crippen molar-refractivity contribution in [2.75, 3.05) is 7.11 Å². The largest absolute Gasteiger partial charge is 0.497 e. The molecule has 0 N–H and O–H groups in total. The minimum absolute atomic E-state index is 0.0329. The maximum Gasteiger partial charge on any atom is 0.311 e. The second-order valence-corrected chi connectivity index (χ2v) is 6.47. The number of carbonyl (C=O) groups is 1. The Labute approximate surface area is 164 Å². The number of rotatable bonds is 8. The van der Waals surface area contributed by atoms with Crippen LogP contribution in [0.3, 0.4) is 0 Å². The fourth-order valence-electron chi connectivity index (χ4n) is 2.74. The van der Waals surface area contributed by atoms with Crippen LogP contribution in [0.2, 0.25) is 0 Å². The lowest BCUT2D eigenvalue weighted by atomic mass is 9.98. The summed E-state index contributed by atoms with van der Waals surface area (Å²) in [7, 11) is 1.63. The number of methoxy groups -OCH3 is 1. The predicted octanol–water partition coefficient (Wildman–Crippen LogP) is 4.77. The third-order valence-electron chi connectivity index (χ3n) is 4.35. The highest BCUT2D eigenvalue weighted by Crippen LogP contribution is 2.25. The summed E-state index contributed by atoms with van der Waals surface area (Å²) in [4.78, 5) is 16.2. The molecule has 1 heterocycles. The Balaban J connectivity index is 1.51. The molecule has 1 atom stereocenters. The minimum Gasteiger partial charge on any atom is -0.497 e. The normalized spacial score (nSPS) is 11.5. The maximum absolute atomic E-state index is 12.3. The number of hydrogen-bond donors (Lipinski definition) is 0. The van der Waals surface area contributed by atoms with E-state index in [9.17, 15) is 4.79 Å². The Kier molecular flexibility index (Phi) is 6.63. The summed E-state index contributed by atoms with van der Waals surface area (Å²) in [5, 5.41) is 0. The summed E-state index contributed by atoms with van der Waals surface area (Å²) in [5.41, 5.74) is 2.08. The van der Waals surface area contributed by atoms with E-state index < -0.39 is 0 Å². The van der Waals surface area contributed by atoms with Crippen LogP contribution in [-0.4, -0.2) is 18.1 Å². The first-order valence-electron chi connectivity index (χ1n) is 9.10. The van der Waals surface area contributed by atoms with Gasteiger partial charge in [0, 0.05) is 12.4 Å². The van der Waals surface area contributed by atoms with Gasteiger partial charge >= 0.3 is 5.97 Å². The topological polar surface area (TPSA) is 57.7 Å². The van der Waals surface area contributed by atoms with E-state index in [-0.39, 0.29) is 18.3 Å². The number of ether oxygens (including phenoxy) is 3. The molecule has 0 aliphatic rings. The molecule has 0 bridgehead atoms. The molecule has 0 saturated carbocycles. The Morgan fingerprint density at radius 1 is 0.964 bits per heavy atom. The molecule has 2 aromatic carbocycles. The van der Waals surface area contributed by atoms with Crippen molar-refractivity contribution in [2.24, 2.45) is 0 Å². The van der Waals surface area contributed by atoms with Crippen molar-refractivity contribution in [3.8, 4) is 17.2 Å². The monoisotopic (exact) mass is 377 g/mol. The summed E-state index contributed by atoms with van der Waals surface area (Å²) in [6.07, 6.45) is 3.75. The van der Waals surface area contributed by atoms with Crippen LogP contribution in [0.4, 0.5) is 0 Å². The molecule has 144 valence electrons. The molecule has 1 unspecified atom stereocenters. The van der Waals surface area contributed by atoms with Crippen LogP contribution < -0.4 is 14.2 Å². The Morgan fingerprint density at radius 2 is 1.68 bits per heavy atom. The number of pyridine rings is 1. The summed E-state index contributed by atoms with van der Waals surface area (Å²) >= 11 is 0. The fraction of sp³-hybridized carbons (Fsp3) is 0.217. The molecule has 0 aliphatic heterocycles. The molecule has 0 saturated heterocycles.